The molecule has 0 radical (unpaired) electrons. The summed E-state index contributed by atoms with van der Waals surface area (Å²) in [5.74, 6) is -0.493. The molecule has 18 heavy (non-hydrogen) atoms. The molecule has 0 atom stereocenters. The van der Waals surface area contributed by atoms with Crippen molar-refractivity contribution in [1.29, 1.82) is 0 Å². The van der Waals surface area contributed by atoms with Gasteiger partial charge in [-0.1, -0.05) is 41.4 Å². The van der Waals surface area contributed by atoms with E-state index in [0.29, 0.717) is 5.69 Å². The maximum Gasteiger partial charge on any atom is 0.261 e. The van der Waals surface area contributed by atoms with E-state index in [1.165, 1.54) is 0 Å². The summed E-state index contributed by atoms with van der Waals surface area (Å²) < 4.78 is 0. The number of para-hydroxylation sites is 1. The number of benzene rings is 1. The lowest BCUT2D eigenvalue weighted by Crippen LogP contribution is -2.14. The maximum absolute atomic E-state index is 12.0. The van der Waals surface area contributed by atoms with Crippen LogP contribution in [-0.4, -0.2) is 15.9 Å². The van der Waals surface area contributed by atoms with Crippen molar-refractivity contribution < 1.29 is 4.79 Å². The molecule has 1 aromatic carbocycles. The molecule has 0 saturated carbocycles. The Bertz CT molecular complexity index is 566. The van der Waals surface area contributed by atoms with E-state index in [4.69, 9.17) is 34.8 Å². The van der Waals surface area contributed by atoms with Crippen molar-refractivity contribution in [1.82, 2.24) is 9.97 Å². The van der Waals surface area contributed by atoms with E-state index >= 15 is 0 Å². The van der Waals surface area contributed by atoms with Crippen LogP contribution in [0, 0.1) is 0 Å². The highest BCUT2D eigenvalue weighted by Gasteiger charge is 2.18. The first-order chi connectivity index (χ1) is 8.58. The first-order valence-electron chi connectivity index (χ1n) is 4.83. The van der Waals surface area contributed by atoms with Crippen molar-refractivity contribution >= 4 is 46.4 Å². The number of amides is 1. The van der Waals surface area contributed by atoms with Crippen LogP contribution in [-0.2, 0) is 0 Å². The summed E-state index contributed by atoms with van der Waals surface area (Å²) in [6.45, 7) is 0. The van der Waals surface area contributed by atoms with Crippen LogP contribution in [0.25, 0.3) is 0 Å². The second-order valence-corrected chi connectivity index (χ2v) is 4.32. The lowest BCUT2D eigenvalue weighted by Gasteiger charge is -2.07. The van der Waals surface area contributed by atoms with Crippen LogP contribution in [0.1, 0.15) is 10.4 Å². The molecule has 0 fully saturated rings. The Hall–Kier alpha value is -1.36. The Kier molecular flexibility index (Phi) is 4.01. The largest absolute Gasteiger partial charge is 0.322 e. The predicted molar refractivity (Wildman–Crippen MR) is 71.5 cm³/mol. The van der Waals surface area contributed by atoms with E-state index in [1.807, 2.05) is 6.07 Å². The van der Waals surface area contributed by atoms with Gasteiger partial charge in [-0.25, -0.2) is 9.97 Å². The van der Waals surface area contributed by atoms with Crippen LogP contribution in [0.2, 0.25) is 15.6 Å². The number of hydrogen-bond acceptors (Lipinski definition) is 3. The molecular formula is C11H6Cl3N3O. The van der Waals surface area contributed by atoms with Gasteiger partial charge in [0.15, 0.2) is 0 Å². The quantitative estimate of drug-likeness (QED) is 0.680. The van der Waals surface area contributed by atoms with Crippen LogP contribution < -0.4 is 5.32 Å². The molecule has 2 aromatic rings. The number of anilines is 1. The lowest BCUT2D eigenvalue weighted by molar-refractivity contribution is 0.102. The number of aromatic nitrogens is 2. The fourth-order valence-corrected chi connectivity index (χ4v) is 2.10. The number of nitrogens with one attached hydrogen (secondary N) is 1. The fourth-order valence-electron chi connectivity index (χ4n) is 1.29. The minimum absolute atomic E-state index is 0.00779. The molecule has 1 aromatic heterocycles. The molecule has 0 aliphatic heterocycles. The third-order valence-corrected chi connectivity index (χ3v) is 2.77. The molecule has 1 N–H and O–H groups in total. The Morgan fingerprint density at radius 1 is 1.00 bits per heavy atom. The van der Waals surface area contributed by atoms with Crippen LogP contribution in [0.15, 0.2) is 30.3 Å². The highest BCUT2D eigenvalue weighted by molar-refractivity contribution is 6.40. The van der Waals surface area contributed by atoms with Gasteiger partial charge in [0.1, 0.15) is 15.9 Å². The second kappa shape index (κ2) is 5.52. The number of carbonyl (C=O) groups is 1. The first-order valence-corrected chi connectivity index (χ1v) is 5.96. The monoisotopic (exact) mass is 301 g/mol. The van der Waals surface area contributed by atoms with Crippen molar-refractivity contribution in [3.8, 4) is 0 Å². The van der Waals surface area contributed by atoms with Gasteiger partial charge in [0, 0.05) is 5.69 Å². The maximum atomic E-state index is 12.0. The third-order valence-electron chi connectivity index (χ3n) is 2.05. The Morgan fingerprint density at radius 3 is 2.11 bits per heavy atom. The topological polar surface area (TPSA) is 54.9 Å². The number of nitrogens with zero attached hydrogens (tertiary/aromatic N) is 2. The summed E-state index contributed by atoms with van der Waals surface area (Å²) in [4.78, 5) is 19.3. The molecule has 0 aliphatic carbocycles. The van der Waals surface area contributed by atoms with Gasteiger partial charge in [-0.3, -0.25) is 4.79 Å². The molecule has 2 rings (SSSR count). The molecule has 7 heteroatoms. The van der Waals surface area contributed by atoms with Gasteiger partial charge in [0.2, 0.25) is 5.28 Å². The highest BCUT2D eigenvalue weighted by Crippen LogP contribution is 2.23. The van der Waals surface area contributed by atoms with E-state index in [0.717, 1.165) is 0 Å². The first kappa shape index (κ1) is 13.1. The standard InChI is InChI=1S/C11H6Cl3N3O/c12-8-7(9(13)17-11(14)16-8)10(18)15-6-4-2-1-3-5-6/h1-5H,(H,15,18). The number of carbonyl (C=O) groups excluding carboxylic acids is 1. The van der Waals surface area contributed by atoms with Gasteiger partial charge in [-0.05, 0) is 23.7 Å². The van der Waals surface area contributed by atoms with Gasteiger partial charge in [0.05, 0.1) is 0 Å². The molecule has 1 amide bonds. The SMILES string of the molecule is O=C(Nc1ccccc1)c1c(Cl)nc(Cl)nc1Cl. The summed E-state index contributed by atoms with van der Waals surface area (Å²) in [7, 11) is 0. The average Bonchev–Trinajstić information content (AvgIpc) is 2.28. The van der Waals surface area contributed by atoms with Gasteiger partial charge in [-0.2, -0.15) is 0 Å². The van der Waals surface area contributed by atoms with Crippen LogP contribution in [0.5, 0.6) is 0 Å². The van der Waals surface area contributed by atoms with Crippen LogP contribution in [0.3, 0.4) is 0 Å². The van der Waals surface area contributed by atoms with Gasteiger partial charge in [-0.15, -0.1) is 0 Å². The zero-order chi connectivity index (χ0) is 13.1. The van der Waals surface area contributed by atoms with Gasteiger partial charge in [0.25, 0.3) is 5.91 Å². The van der Waals surface area contributed by atoms with E-state index in [2.05, 4.69) is 15.3 Å². The second-order valence-electron chi connectivity index (χ2n) is 3.27. The van der Waals surface area contributed by atoms with Crippen molar-refractivity contribution in [2.24, 2.45) is 0 Å². The zero-order valence-electron chi connectivity index (χ0n) is 8.82. The van der Waals surface area contributed by atoms with Gasteiger partial charge < -0.3 is 5.32 Å². The Balaban J connectivity index is 2.30. The molecule has 1 heterocycles. The van der Waals surface area contributed by atoms with Crippen molar-refractivity contribution in [3.05, 3.63) is 51.5 Å². The van der Waals surface area contributed by atoms with Crippen LogP contribution in [0.4, 0.5) is 5.69 Å². The van der Waals surface area contributed by atoms with Crippen LogP contribution >= 0.6 is 34.8 Å². The highest BCUT2D eigenvalue weighted by atomic mass is 35.5. The summed E-state index contributed by atoms with van der Waals surface area (Å²) >= 11 is 17.2. The normalized spacial score (nSPS) is 10.2. The summed E-state index contributed by atoms with van der Waals surface area (Å²) in [5, 5.41) is 2.34. The zero-order valence-corrected chi connectivity index (χ0v) is 11.1. The summed E-state index contributed by atoms with van der Waals surface area (Å²) in [6, 6.07) is 8.88. The molecule has 0 aliphatic rings. The summed E-state index contributed by atoms with van der Waals surface area (Å²) in [6.07, 6.45) is 0. The number of rotatable bonds is 2. The molecule has 0 bridgehead atoms. The van der Waals surface area contributed by atoms with Gasteiger partial charge >= 0.3 is 0 Å². The molecular weight excluding hydrogens is 296 g/mol. The number of hydrogen-bond donors (Lipinski definition) is 1. The van der Waals surface area contributed by atoms with E-state index in [9.17, 15) is 4.79 Å². The molecule has 0 spiro atoms. The molecule has 4 nitrogen and oxygen atoms in total. The average molecular weight is 303 g/mol. The number of halogens is 3. The third kappa shape index (κ3) is 2.90. The Labute approximate surface area is 118 Å². The summed E-state index contributed by atoms with van der Waals surface area (Å²) in [5.41, 5.74) is 0.608. The molecule has 92 valence electrons. The Morgan fingerprint density at radius 2 is 1.56 bits per heavy atom. The lowest BCUT2D eigenvalue weighted by atomic mass is 10.3. The van der Waals surface area contributed by atoms with Crippen molar-refractivity contribution in [3.63, 3.8) is 0 Å². The minimum Gasteiger partial charge on any atom is -0.322 e. The minimum atomic E-state index is -0.493. The van der Waals surface area contributed by atoms with E-state index in [-0.39, 0.29) is 21.2 Å². The van der Waals surface area contributed by atoms with E-state index in [1.54, 1.807) is 24.3 Å². The predicted octanol–water partition coefficient (Wildman–Crippen LogP) is 3.69. The van der Waals surface area contributed by atoms with Crippen molar-refractivity contribution in [2.75, 3.05) is 5.32 Å². The smallest absolute Gasteiger partial charge is 0.261 e. The molecule has 0 unspecified atom stereocenters. The molecule has 0 saturated heterocycles. The van der Waals surface area contributed by atoms with Crippen molar-refractivity contribution in [2.45, 2.75) is 0 Å². The van der Waals surface area contributed by atoms with E-state index < -0.39 is 5.91 Å². The fraction of sp³-hybridized carbons (Fsp3) is 0.